The van der Waals surface area contributed by atoms with Gasteiger partial charge < -0.3 is 5.11 Å². The summed E-state index contributed by atoms with van der Waals surface area (Å²) in [6.07, 6.45) is -2.70. The van der Waals surface area contributed by atoms with Crippen LogP contribution in [0.5, 0.6) is 0 Å². The number of halogens is 3. The molecule has 0 heterocycles. The molecular formula is C14H18F3NO2. The Morgan fingerprint density at radius 2 is 1.85 bits per heavy atom. The van der Waals surface area contributed by atoms with E-state index < -0.39 is 18.7 Å². The Morgan fingerprint density at radius 3 is 2.30 bits per heavy atom. The highest BCUT2D eigenvalue weighted by molar-refractivity contribution is 5.87. The Kier molecular flexibility index (Phi) is 6.01. The number of unbranched alkanes of at least 4 members (excludes halogenated alkanes) is 1. The maximum absolute atomic E-state index is 12.5. The van der Waals surface area contributed by atoms with Gasteiger partial charge in [-0.3, -0.25) is 4.90 Å². The van der Waals surface area contributed by atoms with E-state index in [0.717, 1.165) is 6.42 Å². The lowest BCUT2D eigenvalue weighted by Crippen LogP contribution is -2.34. The molecule has 1 aromatic carbocycles. The van der Waals surface area contributed by atoms with Crippen molar-refractivity contribution in [2.45, 2.75) is 32.5 Å². The van der Waals surface area contributed by atoms with E-state index in [9.17, 15) is 18.0 Å². The van der Waals surface area contributed by atoms with Gasteiger partial charge in [-0.2, -0.15) is 13.2 Å². The molecular weight excluding hydrogens is 271 g/mol. The number of aromatic carboxylic acids is 1. The minimum atomic E-state index is -4.23. The molecule has 0 saturated heterocycles. The van der Waals surface area contributed by atoms with Crippen LogP contribution >= 0.6 is 0 Å². The number of benzene rings is 1. The topological polar surface area (TPSA) is 40.5 Å². The van der Waals surface area contributed by atoms with E-state index in [4.69, 9.17) is 5.11 Å². The number of hydrogen-bond acceptors (Lipinski definition) is 2. The zero-order chi connectivity index (χ0) is 15.2. The first kappa shape index (κ1) is 16.5. The molecule has 0 aliphatic heterocycles. The van der Waals surface area contributed by atoms with Crippen LogP contribution in [-0.4, -0.2) is 35.2 Å². The SMILES string of the molecule is CCCCN(Cc1ccc(C(=O)O)cc1)CC(F)(F)F. The van der Waals surface area contributed by atoms with Crippen molar-refractivity contribution in [2.75, 3.05) is 13.1 Å². The highest BCUT2D eigenvalue weighted by atomic mass is 19.4. The summed E-state index contributed by atoms with van der Waals surface area (Å²) in [5.41, 5.74) is 0.806. The summed E-state index contributed by atoms with van der Waals surface area (Å²) in [5.74, 6) is -1.05. The fourth-order valence-electron chi connectivity index (χ4n) is 1.86. The van der Waals surface area contributed by atoms with Crippen molar-refractivity contribution >= 4 is 5.97 Å². The van der Waals surface area contributed by atoms with Gasteiger partial charge in [0.25, 0.3) is 0 Å². The number of carbonyl (C=O) groups is 1. The average molecular weight is 289 g/mol. The molecule has 0 aliphatic rings. The first-order valence-corrected chi connectivity index (χ1v) is 6.43. The number of alkyl halides is 3. The molecule has 0 aromatic heterocycles. The van der Waals surface area contributed by atoms with Crippen molar-refractivity contribution in [1.29, 1.82) is 0 Å². The van der Waals surface area contributed by atoms with Gasteiger partial charge in [0.05, 0.1) is 12.1 Å². The van der Waals surface area contributed by atoms with Gasteiger partial charge in [-0.05, 0) is 30.7 Å². The molecule has 3 nitrogen and oxygen atoms in total. The number of carboxylic acid groups (broad SMARTS) is 1. The van der Waals surface area contributed by atoms with Gasteiger partial charge in [0.15, 0.2) is 0 Å². The smallest absolute Gasteiger partial charge is 0.401 e. The molecule has 0 bridgehead atoms. The van der Waals surface area contributed by atoms with Crippen LogP contribution < -0.4 is 0 Å². The van der Waals surface area contributed by atoms with Crippen LogP contribution in [0.2, 0.25) is 0 Å². The van der Waals surface area contributed by atoms with E-state index in [1.165, 1.54) is 17.0 Å². The van der Waals surface area contributed by atoms with Crippen LogP contribution in [0.4, 0.5) is 13.2 Å². The fraction of sp³-hybridized carbons (Fsp3) is 0.500. The van der Waals surface area contributed by atoms with Crippen LogP contribution in [-0.2, 0) is 6.54 Å². The molecule has 0 atom stereocenters. The van der Waals surface area contributed by atoms with Crippen LogP contribution in [0.3, 0.4) is 0 Å². The average Bonchev–Trinajstić information content (AvgIpc) is 2.35. The second kappa shape index (κ2) is 7.28. The molecule has 1 rings (SSSR count). The monoisotopic (exact) mass is 289 g/mol. The number of carboxylic acids is 1. The second-order valence-corrected chi connectivity index (χ2v) is 4.68. The third-order valence-corrected chi connectivity index (χ3v) is 2.84. The maximum atomic E-state index is 12.5. The highest BCUT2D eigenvalue weighted by Crippen LogP contribution is 2.19. The summed E-state index contributed by atoms with van der Waals surface area (Å²) in [6.45, 7) is 1.51. The first-order chi connectivity index (χ1) is 9.31. The molecule has 0 unspecified atom stereocenters. The highest BCUT2D eigenvalue weighted by Gasteiger charge is 2.30. The maximum Gasteiger partial charge on any atom is 0.401 e. The number of hydrogen-bond donors (Lipinski definition) is 1. The molecule has 0 radical (unpaired) electrons. The lowest BCUT2D eigenvalue weighted by molar-refractivity contribution is -0.147. The first-order valence-electron chi connectivity index (χ1n) is 6.43. The van der Waals surface area contributed by atoms with Gasteiger partial charge in [-0.25, -0.2) is 4.79 Å². The molecule has 0 fully saturated rings. The Morgan fingerprint density at radius 1 is 1.25 bits per heavy atom. The van der Waals surface area contributed by atoms with Crippen molar-refractivity contribution in [3.8, 4) is 0 Å². The third kappa shape index (κ3) is 6.06. The predicted octanol–water partition coefficient (Wildman–Crippen LogP) is 3.55. The standard InChI is InChI=1S/C14H18F3NO2/c1-2-3-8-18(10-14(15,16)17)9-11-4-6-12(7-5-11)13(19)20/h4-7H,2-3,8-10H2,1H3,(H,19,20). The van der Waals surface area contributed by atoms with Crippen LogP contribution in [0.25, 0.3) is 0 Å². The van der Waals surface area contributed by atoms with Crippen LogP contribution in [0.15, 0.2) is 24.3 Å². The van der Waals surface area contributed by atoms with Crippen LogP contribution in [0.1, 0.15) is 35.7 Å². The van der Waals surface area contributed by atoms with Crippen molar-refractivity contribution in [2.24, 2.45) is 0 Å². The van der Waals surface area contributed by atoms with E-state index in [1.54, 1.807) is 12.1 Å². The van der Waals surface area contributed by atoms with Crippen molar-refractivity contribution < 1.29 is 23.1 Å². The van der Waals surface area contributed by atoms with Crippen molar-refractivity contribution in [1.82, 2.24) is 4.90 Å². The van der Waals surface area contributed by atoms with E-state index >= 15 is 0 Å². The van der Waals surface area contributed by atoms with Crippen molar-refractivity contribution in [3.63, 3.8) is 0 Å². The summed E-state index contributed by atoms with van der Waals surface area (Å²) in [6, 6.07) is 5.92. The minimum absolute atomic E-state index is 0.129. The minimum Gasteiger partial charge on any atom is -0.478 e. The molecule has 0 amide bonds. The molecule has 0 spiro atoms. The van der Waals surface area contributed by atoms with Crippen LogP contribution in [0, 0.1) is 0 Å². The van der Waals surface area contributed by atoms with Gasteiger partial charge >= 0.3 is 12.1 Å². The molecule has 0 aliphatic carbocycles. The molecule has 6 heteroatoms. The van der Waals surface area contributed by atoms with Gasteiger partial charge in [0, 0.05) is 6.54 Å². The summed E-state index contributed by atoms with van der Waals surface area (Å²) < 4.78 is 37.5. The lowest BCUT2D eigenvalue weighted by Gasteiger charge is -2.23. The zero-order valence-electron chi connectivity index (χ0n) is 11.3. The van der Waals surface area contributed by atoms with Gasteiger partial charge in [0.2, 0.25) is 0 Å². The summed E-state index contributed by atoms with van der Waals surface area (Å²) in [4.78, 5) is 12.0. The Bertz CT molecular complexity index is 429. The molecule has 1 N–H and O–H groups in total. The zero-order valence-corrected chi connectivity index (χ0v) is 11.3. The van der Waals surface area contributed by atoms with Gasteiger partial charge in [0.1, 0.15) is 0 Å². The lowest BCUT2D eigenvalue weighted by atomic mass is 10.1. The number of rotatable bonds is 7. The predicted molar refractivity (Wildman–Crippen MR) is 69.6 cm³/mol. The number of nitrogens with zero attached hydrogens (tertiary/aromatic N) is 1. The van der Waals surface area contributed by atoms with Crippen molar-refractivity contribution in [3.05, 3.63) is 35.4 Å². The summed E-state index contributed by atoms with van der Waals surface area (Å²) in [5, 5.41) is 8.77. The third-order valence-electron chi connectivity index (χ3n) is 2.84. The fourth-order valence-corrected chi connectivity index (χ4v) is 1.86. The largest absolute Gasteiger partial charge is 0.478 e. The van der Waals surface area contributed by atoms with E-state index in [0.29, 0.717) is 18.5 Å². The summed E-state index contributed by atoms with van der Waals surface area (Å²) in [7, 11) is 0. The van der Waals surface area contributed by atoms with Gasteiger partial charge in [-0.1, -0.05) is 25.5 Å². The van der Waals surface area contributed by atoms with Gasteiger partial charge in [-0.15, -0.1) is 0 Å². The Labute approximate surface area is 116 Å². The second-order valence-electron chi connectivity index (χ2n) is 4.68. The quantitative estimate of drug-likeness (QED) is 0.834. The van der Waals surface area contributed by atoms with E-state index in [-0.39, 0.29) is 12.1 Å². The van der Waals surface area contributed by atoms with E-state index in [2.05, 4.69) is 0 Å². The Balaban J connectivity index is 2.70. The molecule has 20 heavy (non-hydrogen) atoms. The molecule has 112 valence electrons. The van der Waals surface area contributed by atoms with E-state index in [1.807, 2.05) is 6.92 Å². The normalized spacial score (nSPS) is 11.8. The molecule has 1 aromatic rings. The molecule has 0 saturated carbocycles. The Hall–Kier alpha value is -1.56. The summed E-state index contributed by atoms with van der Waals surface area (Å²) >= 11 is 0.